The maximum Gasteiger partial charge on any atom is 0.115 e. The summed E-state index contributed by atoms with van der Waals surface area (Å²) in [5.41, 5.74) is 2.05. The lowest BCUT2D eigenvalue weighted by atomic mass is 10.4. The first-order valence-corrected chi connectivity index (χ1v) is 5.62. The summed E-state index contributed by atoms with van der Waals surface area (Å²) in [6, 6.07) is 0. The van der Waals surface area contributed by atoms with Crippen LogP contribution < -0.4 is 5.32 Å². The van der Waals surface area contributed by atoms with E-state index < -0.39 is 0 Å². The molecule has 0 fully saturated rings. The molecule has 5 heteroatoms. The van der Waals surface area contributed by atoms with E-state index >= 15 is 0 Å². The molecule has 0 aliphatic heterocycles. The Morgan fingerprint density at radius 3 is 2.80 bits per heavy atom. The van der Waals surface area contributed by atoms with Gasteiger partial charge in [0.15, 0.2) is 0 Å². The van der Waals surface area contributed by atoms with Crippen LogP contribution in [0.2, 0.25) is 0 Å². The molecule has 0 bridgehead atoms. The summed E-state index contributed by atoms with van der Waals surface area (Å²) in [5.74, 6) is 0. The smallest absolute Gasteiger partial charge is 0.115 e. The third-order valence-corrected chi connectivity index (χ3v) is 2.92. The van der Waals surface area contributed by atoms with Crippen LogP contribution in [-0.2, 0) is 6.42 Å². The lowest BCUT2D eigenvalue weighted by Crippen LogP contribution is -2.05. The Bertz CT molecular complexity index is 412. The summed E-state index contributed by atoms with van der Waals surface area (Å²) >= 11 is 1.70. The second-order valence-corrected chi connectivity index (χ2v) is 4.13. The van der Waals surface area contributed by atoms with Gasteiger partial charge >= 0.3 is 0 Å². The maximum absolute atomic E-state index is 4.39. The molecule has 15 heavy (non-hydrogen) atoms. The van der Waals surface area contributed by atoms with Gasteiger partial charge < -0.3 is 5.32 Å². The predicted molar refractivity (Wildman–Crippen MR) is 61.1 cm³/mol. The minimum atomic E-state index is 0.861. The van der Waals surface area contributed by atoms with Crippen LogP contribution in [0.15, 0.2) is 24.1 Å². The SMILES string of the molecule is Cc1csc(CCNc2cncnc2)n1. The number of hydrogen-bond acceptors (Lipinski definition) is 5. The topological polar surface area (TPSA) is 50.7 Å². The van der Waals surface area contributed by atoms with Gasteiger partial charge in [-0.15, -0.1) is 11.3 Å². The van der Waals surface area contributed by atoms with E-state index in [0.717, 1.165) is 29.4 Å². The Hall–Kier alpha value is -1.49. The van der Waals surface area contributed by atoms with Crippen molar-refractivity contribution in [3.8, 4) is 0 Å². The van der Waals surface area contributed by atoms with Gasteiger partial charge in [0.2, 0.25) is 0 Å². The number of thiazole rings is 1. The second kappa shape index (κ2) is 4.84. The number of nitrogens with zero attached hydrogens (tertiary/aromatic N) is 3. The van der Waals surface area contributed by atoms with Gasteiger partial charge in [-0.3, -0.25) is 0 Å². The van der Waals surface area contributed by atoms with Crippen LogP contribution >= 0.6 is 11.3 Å². The number of anilines is 1. The molecule has 0 amide bonds. The Labute approximate surface area is 92.4 Å². The van der Waals surface area contributed by atoms with Crippen molar-refractivity contribution in [3.63, 3.8) is 0 Å². The highest BCUT2D eigenvalue weighted by atomic mass is 32.1. The van der Waals surface area contributed by atoms with Crippen molar-refractivity contribution in [2.24, 2.45) is 0 Å². The molecular formula is C10H12N4S. The molecule has 2 aromatic rings. The van der Waals surface area contributed by atoms with Crippen LogP contribution in [-0.4, -0.2) is 21.5 Å². The molecule has 78 valence electrons. The van der Waals surface area contributed by atoms with E-state index in [1.54, 1.807) is 23.7 Å². The monoisotopic (exact) mass is 220 g/mol. The standard InChI is InChI=1S/C10H12N4S/c1-8-6-15-10(14-8)2-3-13-9-4-11-7-12-5-9/h4-7,13H,2-3H2,1H3. The Kier molecular flexibility index (Phi) is 3.24. The van der Waals surface area contributed by atoms with Gasteiger partial charge in [-0.05, 0) is 6.92 Å². The normalized spacial score (nSPS) is 10.2. The second-order valence-electron chi connectivity index (χ2n) is 3.19. The summed E-state index contributed by atoms with van der Waals surface area (Å²) in [7, 11) is 0. The molecule has 0 radical (unpaired) electrons. The van der Waals surface area contributed by atoms with Crippen LogP contribution in [0.4, 0.5) is 5.69 Å². The molecule has 0 aliphatic carbocycles. The van der Waals surface area contributed by atoms with Crippen LogP contribution in [0.5, 0.6) is 0 Å². The van der Waals surface area contributed by atoms with E-state index in [1.807, 2.05) is 6.92 Å². The van der Waals surface area contributed by atoms with Crippen LogP contribution in [0.1, 0.15) is 10.7 Å². The third kappa shape index (κ3) is 2.99. The van der Waals surface area contributed by atoms with Gasteiger partial charge in [0.25, 0.3) is 0 Å². The van der Waals surface area contributed by atoms with Gasteiger partial charge in [0.05, 0.1) is 23.1 Å². The quantitative estimate of drug-likeness (QED) is 0.855. The number of rotatable bonds is 4. The van der Waals surface area contributed by atoms with Crippen molar-refractivity contribution in [2.45, 2.75) is 13.3 Å². The molecule has 0 spiro atoms. The van der Waals surface area contributed by atoms with Crippen LogP contribution in [0, 0.1) is 6.92 Å². The molecule has 2 aromatic heterocycles. The maximum atomic E-state index is 4.39. The van der Waals surface area contributed by atoms with Gasteiger partial charge in [-0.1, -0.05) is 0 Å². The molecule has 0 saturated heterocycles. The summed E-state index contributed by atoms with van der Waals surface area (Å²) in [4.78, 5) is 12.2. The lowest BCUT2D eigenvalue weighted by Gasteiger charge is -2.02. The number of aromatic nitrogens is 3. The van der Waals surface area contributed by atoms with E-state index in [9.17, 15) is 0 Å². The molecule has 0 saturated carbocycles. The molecule has 0 aromatic carbocycles. The minimum Gasteiger partial charge on any atom is -0.382 e. The summed E-state index contributed by atoms with van der Waals surface area (Å²) in [6.07, 6.45) is 5.99. The molecule has 0 unspecified atom stereocenters. The van der Waals surface area contributed by atoms with E-state index in [2.05, 4.69) is 25.6 Å². The zero-order chi connectivity index (χ0) is 10.5. The largest absolute Gasteiger partial charge is 0.382 e. The fourth-order valence-corrected chi connectivity index (χ4v) is 2.00. The van der Waals surface area contributed by atoms with Crippen molar-refractivity contribution in [3.05, 3.63) is 34.8 Å². The van der Waals surface area contributed by atoms with Crippen molar-refractivity contribution >= 4 is 17.0 Å². The summed E-state index contributed by atoms with van der Waals surface area (Å²) in [5, 5.41) is 6.48. The van der Waals surface area contributed by atoms with Crippen molar-refractivity contribution in [1.82, 2.24) is 15.0 Å². The van der Waals surface area contributed by atoms with Crippen LogP contribution in [0.3, 0.4) is 0 Å². The molecule has 4 nitrogen and oxygen atoms in total. The predicted octanol–water partition coefficient (Wildman–Crippen LogP) is 1.90. The van der Waals surface area contributed by atoms with Crippen molar-refractivity contribution < 1.29 is 0 Å². The molecular weight excluding hydrogens is 208 g/mol. The Morgan fingerprint density at radius 2 is 2.13 bits per heavy atom. The first-order valence-electron chi connectivity index (χ1n) is 4.74. The van der Waals surface area contributed by atoms with Crippen molar-refractivity contribution in [1.29, 1.82) is 0 Å². The first kappa shape index (κ1) is 10.0. The lowest BCUT2D eigenvalue weighted by molar-refractivity contribution is 0.981. The van der Waals surface area contributed by atoms with Crippen molar-refractivity contribution in [2.75, 3.05) is 11.9 Å². The zero-order valence-corrected chi connectivity index (χ0v) is 9.29. The highest BCUT2D eigenvalue weighted by molar-refractivity contribution is 7.09. The average Bonchev–Trinajstić information content (AvgIpc) is 2.66. The molecule has 2 rings (SSSR count). The fourth-order valence-electron chi connectivity index (χ4n) is 1.22. The average molecular weight is 220 g/mol. The number of hydrogen-bond donors (Lipinski definition) is 1. The zero-order valence-electron chi connectivity index (χ0n) is 8.47. The third-order valence-electron chi connectivity index (χ3n) is 1.90. The molecule has 0 aliphatic rings. The van der Waals surface area contributed by atoms with Gasteiger partial charge in [-0.25, -0.2) is 15.0 Å². The Balaban J connectivity index is 1.80. The minimum absolute atomic E-state index is 0.861. The summed E-state index contributed by atoms with van der Waals surface area (Å²) < 4.78 is 0. The van der Waals surface area contributed by atoms with E-state index in [4.69, 9.17) is 0 Å². The molecule has 0 atom stereocenters. The van der Waals surface area contributed by atoms with Gasteiger partial charge in [0.1, 0.15) is 6.33 Å². The highest BCUT2D eigenvalue weighted by Crippen LogP contribution is 2.09. The van der Waals surface area contributed by atoms with Gasteiger partial charge in [-0.2, -0.15) is 0 Å². The Morgan fingerprint density at radius 1 is 1.33 bits per heavy atom. The highest BCUT2D eigenvalue weighted by Gasteiger charge is 1.98. The molecule has 2 heterocycles. The van der Waals surface area contributed by atoms with Crippen LogP contribution in [0.25, 0.3) is 0 Å². The van der Waals surface area contributed by atoms with Gasteiger partial charge in [0, 0.05) is 24.0 Å². The first-order chi connectivity index (χ1) is 7.34. The number of nitrogens with one attached hydrogen (secondary N) is 1. The van der Waals surface area contributed by atoms with E-state index in [0.29, 0.717) is 0 Å². The summed E-state index contributed by atoms with van der Waals surface area (Å²) in [6.45, 7) is 2.87. The molecule has 1 N–H and O–H groups in total. The fraction of sp³-hybridized carbons (Fsp3) is 0.300. The van der Waals surface area contributed by atoms with E-state index in [-0.39, 0.29) is 0 Å². The number of aryl methyl sites for hydroxylation is 1. The van der Waals surface area contributed by atoms with E-state index in [1.165, 1.54) is 6.33 Å².